The molecule has 0 radical (unpaired) electrons. The van der Waals surface area contributed by atoms with Crippen LogP contribution in [0.3, 0.4) is 0 Å². The topological polar surface area (TPSA) is 93.5 Å². The number of rotatable bonds is 9. The summed E-state index contributed by atoms with van der Waals surface area (Å²) in [6, 6.07) is 16.5. The minimum absolute atomic E-state index is 0.0167. The standard InChI is InChI=1S/C26H27N3O4/c30-25(31)12-9-17(13-19-14-27-16-29(19)18-10-11-18)28-26(32)33-15-24-22-7-3-1-5-20(22)21-6-2-4-8-23(21)24/h1-8,14,16-18,24H,9-13,15H2,(H,28,32)(H,30,31). The molecule has 1 atom stereocenters. The second-order valence-electron chi connectivity index (χ2n) is 8.83. The number of aromatic nitrogens is 2. The normalized spacial score (nSPS) is 15.5. The van der Waals surface area contributed by atoms with E-state index in [9.17, 15) is 9.59 Å². The van der Waals surface area contributed by atoms with Crippen LogP contribution in [0.2, 0.25) is 0 Å². The van der Waals surface area contributed by atoms with E-state index >= 15 is 0 Å². The molecule has 0 saturated heterocycles. The number of amides is 1. The first kappa shape index (κ1) is 21.2. The van der Waals surface area contributed by atoms with Crippen LogP contribution in [0.5, 0.6) is 0 Å². The number of ether oxygens (including phenoxy) is 1. The molecule has 1 saturated carbocycles. The first-order valence-electron chi connectivity index (χ1n) is 11.4. The lowest BCUT2D eigenvalue weighted by Crippen LogP contribution is -2.38. The molecule has 33 heavy (non-hydrogen) atoms. The van der Waals surface area contributed by atoms with Crippen molar-refractivity contribution in [1.82, 2.24) is 14.9 Å². The van der Waals surface area contributed by atoms with Crippen molar-refractivity contribution < 1.29 is 19.4 Å². The third kappa shape index (κ3) is 4.62. The van der Waals surface area contributed by atoms with Gasteiger partial charge in [-0.05, 0) is 41.5 Å². The predicted molar refractivity (Wildman–Crippen MR) is 123 cm³/mol. The van der Waals surface area contributed by atoms with Gasteiger partial charge in [0.05, 0.1) is 6.33 Å². The van der Waals surface area contributed by atoms with Crippen molar-refractivity contribution in [3.63, 3.8) is 0 Å². The lowest BCUT2D eigenvalue weighted by molar-refractivity contribution is -0.137. The van der Waals surface area contributed by atoms with Gasteiger partial charge in [-0.1, -0.05) is 48.5 Å². The van der Waals surface area contributed by atoms with E-state index in [0.29, 0.717) is 18.9 Å². The van der Waals surface area contributed by atoms with Crippen LogP contribution in [0.15, 0.2) is 61.1 Å². The summed E-state index contributed by atoms with van der Waals surface area (Å²) in [4.78, 5) is 28.1. The van der Waals surface area contributed by atoms with Gasteiger partial charge in [0.15, 0.2) is 0 Å². The van der Waals surface area contributed by atoms with Gasteiger partial charge in [-0.3, -0.25) is 4.79 Å². The average molecular weight is 446 g/mol. The molecule has 0 aliphatic heterocycles. The summed E-state index contributed by atoms with van der Waals surface area (Å²) in [5.41, 5.74) is 5.67. The van der Waals surface area contributed by atoms with E-state index in [1.54, 1.807) is 6.20 Å². The van der Waals surface area contributed by atoms with Crippen molar-refractivity contribution in [1.29, 1.82) is 0 Å². The van der Waals surface area contributed by atoms with Crippen LogP contribution < -0.4 is 5.32 Å². The van der Waals surface area contributed by atoms with Crippen molar-refractivity contribution in [2.75, 3.05) is 6.61 Å². The number of carboxylic acids is 1. The monoisotopic (exact) mass is 445 g/mol. The fourth-order valence-electron chi connectivity index (χ4n) is 4.75. The summed E-state index contributed by atoms with van der Waals surface area (Å²) in [5, 5.41) is 12.1. The Labute approximate surface area is 192 Å². The smallest absolute Gasteiger partial charge is 0.407 e. The first-order chi connectivity index (χ1) is 16.1. The molecule has 1 unspecified atom stereocenters. The minimum Gasteiger partial charge on any atom is -0.481 e. The number of fused-ring (bicyclic) bond motifs is 3. The molecule has 1 fully saturated rings. The van der Waals surface area contributed by atoms with E-state index < -0.39 is 12.1 Å². The quantitative estimate of drug-likeness (QED) is 0.505. The predicted octanol–water partition coefficient (Wildman–Crippen LogP) is 4.53. The fourth-order valence-corrected chi connectivity index (χ4v) is 4.75. The number of hydrogen-bond donors (Lipinski definition) is 2. The highest BCUT2D eigenvalue weighted by Crippen LogP contribution is 2.44. The molecule has 2 aliphatic rings. The molecular weight excluding hydrogens is 418 g/mol. The summed E-state index contributed by atoms with van der Waals surface area (Å²) in [6.07, 6.45) is 6.17. The third-order valence-corrected chi connectivity index (χ3v) is 6.51. The molecule has 7 nitrogen and oxygen atoms in total. The third-order valence-electron chi connectivity index (χ3n) is 6.51. The highest BCUT2D eigenvalue weighted by atomic mass is 16.5. The number of hydrogen-bond acceptors (Lipinski definition) is 4. The van der Waals surface area contributed by atoms with Crippen LogP contribution >= 0.6 is 0 Å². The SMILES string of the molecule is O=C(O)CCC(Cc1cncn1C1CC1)NC(=O)OCC1c2ccccc2-c2ccccc21. The van der Waals surface area contributed by atoms with Crippen molar-refractivity contribution >= 4 is 12.1 Å². The molecule has 1 aromatic heterocycles. The highest BCUT2D eigenvalue weighted by Gasteiger charge is 2.30. The largest absolute Gasteiger partial charge is 0.481 e. The lowest BCUT2D eigenvalue weighted by atomic mass is 9.98. The number of nitrogens with zero attached hydrogens (tertiary/aromatic N) is 2. The molecule has 2 aromatic carbocycles. The van der Waals surface area contributed by atoms with Gasteiger partial charge in [-0.25, -0.2) is 9.78 Å². The fraction of sp³-hybridized carbons (Fsp3) is 0.346. The molecule has 7 heteroatoms. The van der Waals surface area contributed by atoms with Crippen LogP contribution in [-0.2, 0) is 16.0 Å². The second kappa shape index (κ2) is 9.10. The molecule has 0 bridgehead atoms. The Balaban J connectivity index is 1.25. The Morgan fingerprint density at radius 1 is 1.09 bits per heavy atom. The number of benzene rings is 2. The van der Waals surface area contributed by atoms with Gasteiger partial charge in [0.2, 0.25) is 0 Å². The van der Waals surface area contributed by atoms with Gasteiger partial charge in [0.1, 0.15) is 6.61 Å². The Hall–Kier alpha value is -3.61. The molecule has 170 valence electrons. The Kier molecular flexibility index (Phi) is 5.86. The number of carboxylic acid groups (broad SMARTS) is 1. The summed E-state index contributed by atoms with van der Waals surface area (Å²) in [6.45, 7) is 0.228. The highest BCUT2D eigenvalue weighted by molar-refractivity contribution is 5.79. The zero-order valence-corrected chi connectivity index (χ0v) is 18.3. The minimum atomic E-state index is -0.884. The number of alkyl carbamates (subject to hydrolysis) is 1. The van der Waals surface area contributed by atoms with E-state index in [1.807, 2.05) is 30.6 Å². The van der Waals surface area contributed by atoms with Crippen LogP contribution in [0.4, 0.5) is 4.79 Å². The molecule has 5 rings (SSSR count). The summed E-state index contributed by atoms with van der Waals surface area (Å²) in [5.74, 6) is -0.901. The van der Waals surface area contributed by atoms with Gasteiger partial charge in [-0.2, -0.15) is 0 Å². The van der Waals surface area contributed by atoms with Gasteiger partial charge < -0.3 is 19.7 Å². The molecule has 2 aliphatic carbocycles. The van der Waals surface area contributed by atoms with Crippen LogP contribution in [0, 0.1) is 0 Å². The van der Waals surface area contributed by atoms with Crippen molar-refractivity contribution in [2.24, 2.45) is 0 Å². The Bertz CT molecular complexity index is 1120. The second-order valence-corrected chi connectivity index (χ2v) is 8.83. The number of nitrogens with one attached hydrogen (secondary N) is 1. The first-order valence-corrected chi connectivity index (χ1v) is 11.4. The molecule has 0 spiro atoms. The van der Waals surface area contributed by atoms with Crippen LogP contribution in [0.25, 0.3) is 11.1 Å². The molecular formula is C26H27N3O4. The van der Waals surface area contributed by atoms with Crippen molar-refractivity contribution in [3.05, 3.63) is 77.9 Å². The van der Waals surface area contributed by atoms with E-state index in [1.165, 1.54) is 11.1 Å². The maximum Gasteiger partial charge on any atom is 0.407 e. The van der Waals surface area contributed by atoms with Gasteiger partial charge in [0.25, 0.3) is 0 Å². The van der Waals surface area contributed by atoms with Gasteiger partial charge >= 0.3 is 12.1 Å². The Morgan fingerprint density at radius 3 is 2.39 bits per heavy atom. The summed E-state index contributed by atoms with van der Waals surface area (Å²) >= 11 is 0. The van der Waals surface area contributed by atoms with E-state index in [2.05, 4.69) is 39.1 Å². The molecule has 1 amide bonds. The number of imidazole rings is 1. The van der Waals surface area contributed by atoms with Crippen LogP contribution in [-0.4, -0.2) is 39.4 Å². The summed E-state index contributed by atoms with van der Waals surface area (Å²) < 4.78 is 7.80. The Morgan fingerprint density at radius 2 is 1.76 bits per heavy atom. The van der Waals surface area contributed by atoms with Crippen molar-refractivity contribution in [2.45, 2.75) is 50.1 Å². The van der Waals surface area contributed by atoms with Gasteiger partial charge in [0, 0.05) is 42.7 Å². The number of carbonyl (C=O) groups is 2. The maximum atomic E-state index is 12.7. The average Bonchev–Trinajstić information content (AvgIpc) is 3.47. The van der Waals surface area contributed by atoms with E-state index in [4.69, 9.17) is 9.84 Å². The lowest BCUT2D eigenvalue weighted by Gasteiger charge is -2.20. The number of carbonyl (C=O) groups excluding carboxylic acids is 1. The zero-order chi connectivity index (χ0) is 22.8. The van der Waals surface area contributed by atoms with Crippen molar-refractivity contribution in [3.8, 4) is 11.1 Å². The molecule has 1 heterocycles. The van der Waals surface area contributed by atoms with E-state index in [-0.39, 0.29) is 25.0 Å². The van der Waals surface area contributed by atoms with Gasteiger partial charge in [-0.15, -0.1) is 0 Å². The van der Waals surface area contributed by atoms with Crippen LogP contribution in [0.1, 0.15) is 54.5 Å². The van der Waals surface area contributed by atoms with E-state index in [0.717, 1.165) is 29.7 Å². The molecule has 2 N–H and O–H groups in total. The maximum absolute atomic E-state index is 12.7. The molecule has 3 aromatic rings. The summed E-state index contributed by atoms with van der Waals surface area (Å²) in [7, 11) is 0. The number of aliphatic carboxylic acids is 1. The zero-order valence-electron chi connectivity index (χ0n) is 18.3.